The topological polar surface area (TPSA) is 38.5 Å². The van der Waals surface area contributed by atoms with Crippen molar-refractivity contribution in [2.24, 2.45) is 4.99 Å². The molecule has 1 N–H and O–H groups in total. The minimum atomic E-state index is 0.0570. The molecule has 1 fully saturated rings. The fourth-order valence-electron chi connectivity index (χ4n) is 4.92. The first-order chi connectivity index (χ1) is 14.8. The van der Waals surface area contributed by atoms with Crippen LogP contribution in [0.4, 0.5) is 5.69 Å². The Kier molecular flexibility index (Phi) is 6.09. The second-order valence-electron chi connectivity index (χ2n) is 9.63. The normalized spacial score (nSPS) is 18.8. The number of nitrogens with one attached hydrogen (secondary N) is 1. The summed E-state index contributed by atoms with van der Waals surface area (Å²) < 4.78 is 8.12. The predicted molar refractivity (Wildman–Crippen MR) is 130 cm³/mol. The summed E-state index contributed by atoms with van der Waals surface area (Å²) in [6, 6.07) is 19.1. The Bertz CT molecular complexity index is 1060. The zero-order valence-corrected chi connectivity index (χ0v) is 20.0. The Morgan fingerprint density at radius 2 is 1.65 bits per heavy atom. The smallest absolute Gasteiger partial charge is 0.190 e. The summed E-state index contributed by atoms with van der Waals surface area (Å²) >= 11 is 1.72. The Morgan fingerprint density at radius 3 is 2.26 bits per heavy atom. The number of thiazole rings is 1. The molecule has 1 aliphatic rings. The lowest BCUT2D eigenvalue weighted by molar-refractivity contribution is 0.132. The van der Waals surface area contributed by atoms with E-state index in [1.807, 2.05) is 25.1 Å². The number of para-hydroxylation sites is 1. The molecular formula is C26H33N3OS. The molecule has 2 aromatic carbocycles. The standard InChI is InChI=1S/C26H33N3OS/c1-6-30-22-14-12-19(13-15-22)23-18-31-24(27-20-10-8-7-9-11-20)29(23)21-16-25(2,3)28-26(4,5)17-21/h7-15,18,21,28H,6,16-17H2,1-5H3. The number of benzene rings is 2. The molecule has 4 nitrogen and oxygen atoms in total. The van der Waals surface area contributed by atoms with Gasteiger partial charge < -0.3 is 14.6 Å². The number of rotatable bonds is 5. The number of ether oxygens (including phenoxy) is 1. The lowest BCUT2D eigenvalue weighted by Crippen LogP contribution is -2.58. The first-order valence-electron chi connectivity index (χ1n) is 11.1. The number of hydrogen-bond donors (Lipinski definition) is 1. The molecular weight excluding hydrogens is 402 g/mol. The highest BCUT2D eigenvalue weighted by atomic mass is 32.1. The molecule has 164 valence electrons. The Labute approximate surface area is 189 Å². The van der Waals surface area contributed by atoms with Crippen LogP contribution in [0, 0.1) is 0 Å². The van der Waals surface area contributed by atoms with Crippen LogP contribution in [-0.4, -0.2) is 22.3 Å². The van der Waals surface area contributed by atoms with Gasteiger partial charge in [0.15, 0.2) is 4.80 Å². The second kappa shape index (κ2) is 8.64. The van der Waals surface area contributed by atoms with Gasteiger partial charge in [0.25, 0.3) is 0 Å². The Balaban J connectivity index is 1.84. The van der Waals surface area contributed by atoms with E-state index < -0.39 is 0 Å². The number of hydrogen-bond acceptors (Lipinski definition) is 4. The quantitative estimate of drug-likeness (QED) is 0.508. The van der Waals surface area contributed by atoms with Crippen LogP contribution in [0.15, 0.2) is 65.0 Å². The van der Waals surface area contributed by atoms with E-state index in [0.717, 1.165) is 29.1 Å². The van der Waals surface area contributed by atoms with Gasteiger partial charge in [-0.3, -0.25) is 0 Å². The van der Waals surface area contributed by atoms with E-state index in [2.05, 4.69) is 79.4 Å². The van der Waals surface area contributed by atoms with Gasteiger partial charge in [-0.15, -0.1) is 11.3 Å². The summed E-state index contributed by atoms with van der Waals surface area (Å²) in [6.07, 6.45) is 2.11. The monoisotopic (exact) mass is 435 g/mol. The highest BCUT2D eigenvalue weighted by Crippen LogP contribution is 2.38. The number of nitrogens with zero attached hydrogens (tertiary/aromatic N) is 2. The molecule has 31 heavy (non-hydrogen) atoms. The fraction of sp³-hybridized carbons (Fsp3) is 0.423. The molecule has 0 aliphatic carbocycles. The third-order valence-electron chi connectivity index (χ3n) is 5.72. The van der Waals surface area contributed by atoms with Gasteiger partial charge >= 0.3 is 0 Å². The zero-order valence-electron chi connectivity index (χ0n) is 19.2. The average molecular weight is 436 g/mol. The molecule has 0 atom stereocenters. The summed E-state index contributed by atoms with van der Waals surface area (Å²) in [6.45, 7) is 11.9. The second-order valence-corrected chi connectivity index (χ2v) is 10.5. The lowest BCUT2D eigenvalue weighted by Gasteiger charge is -2.47. The molecule has 0 saturated carbocycles. The minimum Gasteiger partial charge on any atom is -0.494 e. The maximum absolute atomic E-state index is 5.65. The van der Waals surface area contributed by atoms with Crippen molar-refractivity contribution >= 4 is 17.0 Å². The molecule has 0 amide bonds. The lowest BCUT2D eigenvalue weighted by atomic mass is 9.79. The number of aromatic nitrogens is 1. The van der Waals surface area contributed by atoms with E-state index >= 15 is 0 Å². The minimum absolute atomic E-state index is 0.0570. The molecule has 4 rings (SSSR count). The van der Waals surface area contributed by atoms with Crippen molar-refractivity contribution in [3.05, 3.63) is 64.8 Å². The van der Waals surface area contributed by atoms with Gasteiger partial charge in [-0.1, -0.05) is 18.2 Å². The Hall–Kier alpha value is -2.37. The van der Waals surface area contributed by atoms with Crippen LogP contribution in [0.3, 0.4) is 0 Å². The van der Waals surface area contributed by atoms with Crippen molar-refractivity contribution in [2.45, 2.75) is 64.6 Å². The van der Waals surface area contributed by atoms with E-state index in [9.17, 15) is 0 Å². The first-order valence-corrected chi connectivity index (χ1v) is 12.0. The van der Waals surface area contributed by atoms with Crippen LogP contribution in [0.25, 0.3) is 11.3 Å². The Morgan fingerprint density at radius 1 is 1.00 bits per heavy atom. The van der Waals surface area contributed by atoms with Gasteiger partial charge in [-0.05, 0) is 89.4 Å². The van der Waals surface area contributed by atoms with Crippen molar-refractivity contribution in [1.29, 1.82) is 0 Å². The molecule has 0 radical (unpaired) electrons. The molecule has 0 spiro atoms. The molecule has 3 aromatic rings. The SMILES string of the molecule is CCOc1ccc(-c2csc(=Nc3ccccc3)n2C2CC(C)(C)NC(C)(C)C2)cc1. The molecule has 5 heteroatoms. The largest absolute Gasteiger partial charge is 0.494 e. The van der Waals surface area contributed by atoms with Crippen LogP contribution >= 0.6 is 11.3 Å². The molecule has 1 aliphatic heterocycles. The summed E-state index contributed by atoms with van der Waals surface area (Å²) in [5, 5.41) is 6.07. The van der Waals surface area contributed by atoms with Gasteiger partial charge in [0, 0.05) is 22.5 Å². The van der Waals surface area contributed by atoms with Crippen LogP contribution in [0.1, 0.15) is 53.5 Å². The van der Waals surface area contributed by atoms with Crippen LogP contribution in [-0.2, 0) is 0 Å². The van der Waals surface area contributed by atoms with Crippen molar-refractivity contribution in [3.8, 4) is 17.0 Å². The van der Waals surface area contributed by atoms with Crippen LogP contribution in [0.2, 0.25) is 0 Å². The van der Waals surface area contributed by atoms with Crippen molar-refractivity contribution in [3.63, 3.8) is 0 Å². The van der Waals surface area contributed by atoms with Crippen LogP contribution in [0.5, 0.6) is 5.75 Å². The van der Waals surface area contributed by atoms with Crippen molar-refractivity contribution in [1.82, 2.24) is 9.88 Å². The molecule has 0 unspecified atom stereocenters. The maximum Gasteiger partial charge on any atom is 0.190 e. The van der Waals surface area contributed by atoms with Crippen molar-refractivity contribution < 1.29 is 4.74 Å². The van der Waals surface area contributed by atoms with E-state index in [1.54, 1.807) is 11.3 Å². The summed E-state index contributed by atoms with van der Waals surface area (Å²) in [5.41, 5.74) is 3.52. The highest BCUT2D eigenvalue weighted by molar-refractivity contribution is 7.07. The van der Waals surface area contributed by atoms with Crippen molar-refractivity contribution in [2.75, 3.05) is 6.61 Å². The molecule has 0 bridgehead atoms. The molecule has 1 saturated heterocycles. The number of piperidine rings is 1. The fourth-order valence-corrected chi connectivity index (χ4v) is 5.90. The molecule has 2 heterocycles. The van der Waals surface area contributed by atoms with E-state index in [0.29, 0.717) is 12.6 Å². The zero-order chi connectivity index (χ0) is 22.1. The van der Waals surface area contributed by atoms with Gasteiger partial charge in [-0.2, -0.15) is 0 Å². The third-order valence-corrected chi connectivity index (χ3v) is 6.56. The van der Waals surface area contributed by atoms with E-state index in [-0.39, 0.29) is 11.1 Å². The summed E-state index contributed by atoms with van der Waals surface area (Å²) in [5.74, 6) is 0.909. The van der Waals surface area contributed by atoms with E-state index in [1.165, 1.54) is 11.3 Å². The summed E-state index contributed by atoms with van der Waals surface area (Å²) in [4.78, 5) is 6.09. The first kappa shape index (κ1) is 21.8. The third kappa shape index (κ3) is 5.10. The molecule has 1 aromatic heterocycles. The van der Waals surface area contributed by atoms with Gasteiger partial charge in [0.2, 0.25) is 0 Å². The van der Waals surface area contributed by atoms with Gasteiger partial charge in [-0.25, -0.2) is 4.99 Å². The van der Waals surface area contributed by atoms with Gasteiger partial charge in [0.05, 0.1) is 18.0 Å². The predicted octanol–water partition coefficient (Wildman–Crippen LogP) is 6.33. The highest BCUT2D eigenvalue weighted by Gasteiger charge is 2.39. The average Bonchev–Trinajstić information content (AvgIpc) is 3.11. The maximum atomic E-state index is 5.65. The van der Waals surface area contributed by atoms with Gasteiger partial charge in [0.1, 0.15) is 5.75 Å². The summed E-state index contributed by atoms with van der Waals surface area (Å²) in [7, 11) is 0. The van der Waals surface area contributed by atoms with E-state index in [4.69, 9.17) is 9.73 Å². The van der Waals surface area contributed by atoms with Crippen LogP contribution < -0.4 is 14.9 Å².